The van der Waals surface area contributed by atoms with Crippen molar-refractivity contribution in [1.29, 1.82) is 5.26 Å². The van der Waals surface area contributed by atoms with Gasteiger partial charge in [0.05, 0.1) is 12.5 Å². The molecule has 0 spiro atoms. The molecule has 4 heteroatoms. The number of benzene rings is 1. The molecule has 0 atom stereocenters. The normalized spacial score (nSPS) is 9.40. The summed E-state index contributed by atoms with van der Waals surface area (Å²) in [6, 6.07) is 7.64. The third-order valence-electron chi connectivity index (χ3n) is 2.00. The first-order valence-electron chi connectivity index (χ1n) is 4.49. The van der Waals surface area contributed by atoms with Crippen molar-refractivity contribution in [3.63, 3.8) is 0 Å². The number of amides is 1. The van der Waals surface area contributed by atoms with Gasteiger partial charge in [-0.15, -0.1) is 0 Å². The lowest BCUT2D eigenvalue weighted by molar-refractivity contribution is -0.128. The van der Waals surface area contributed by atoms with Crippen LogP contribution in [0.25, 0.3) is 0 Å². The van der Waals surface area contributed by atoms with Crippen molar-refractivity contribution in [2.24, 2.45) is 0 Å². The number of carbonyl (C=O) groups is 1. The van der Waals surface area contributed by atoms with E-state index in [4.69, 9.17) is 5.26 Å². The first kappa shape index (κ1) is 11.2. The SMILES string of the molecule is CN(CC#N)C(=O)Cc1ccc(F)cc1. The highest BCUT2D eigenvalue weighted by Gasteiger charge is 2.08. The van der Waals surface area contributed by atoms with Crippen LogP contribution in [0.15, 0.2) is 24.3 Å². The molecular formula is C11H11FN2O. The molecule has 0 fully saturated rings. The van der Waals surface area contributed by atoms with Gasteiger partial charge in [-0.2, -0.15) is 5.26 Å². The van der Waals surface area contributed by atoms with Crippen LogP contribution in [0.1, 0.15) is 5.56 Å². The molecule has 0 bridgehead atoms. The van der Waals surface area contributed by atoms with Gasteiger partial charge in [-0.3, -0.25) is 4.79 Å². The second-order valence-electron chi connectivity index (χ2n) is 3.21. The maximum absolute atomic E-state index is 12.6. The van der Waals surface area contributed by atoms with E-state index in [0.717, 1.165) is 5.56 Å². The third kappa shape index (κ3) is 3.39. The zero-order chi connectivity index (χ0) is 11.3. The van der Waals surface area contributed by atoms with E-state index in [1.165, 1.54) is 17.0 Å². The molecule has 3 nitrogen and oxygen atoms in total. The highest BCUT2D eigenvalue weighted by molar-refractivity contribution is 5.78. The molecule has 0 radical (unpaired) electrons. The molecule has 1 aromatic rings. The number of rotatable bonds is 3. The lowest BCUT2D eigenvalue weighted by Crippen LogP contribution is -2.28. The van der Waals surface area contributed by atoms with E-state index in [1.54, 1.807) is 19.2 Å². The van der Waals surface area contributed by atoms with Gasteiger partial charge in [0.15, 0.2) is 0 Å². The van der Waals surface area contributed by atoms with Crippen LogP contribution in [0.3, 0.4) is 0 Å². The van der Waals surface area contributed by atoms with Crippen molar-refractivity contribution in [2.45, 2.75) is 6.42 Å². The second-order valence-corrected chi connectivity index (χ2v) is 3.21. The lowest BCUT2D eigenvalue weighted by Gasteiger charge is -2.12. The maximum atomic E-state index is 12.6. The molecule has 0 saturated carbocycles. The average Bonchev–Trinajstić information content (AvgIpc) is 2.22. The number of hydrogen-bond donors (Lipinski definition) is 0. The summed E-state index contributed by atoms with van der Waals surface area (Å²) in [5, 5.41) is 8.39. The Kier molecular flexibility index (Phi) is 3.81. The van der Waals surface area contributed by atoms with Gasteiger partial charge in [0.1, 0.15) is 12.4 Å². The summed E-state index contributed by atoms with van der Waals surface area (Å²) >= 11 is 0. The van der Waals surface area contributed by atoms with Crippen molar-refractivity contribution in [3.05, 3.63) is 35.6 Å². The molecule has 0 aromatic heterocycles. The fraction of sp³-hybridized carbons (Fsp3) is 0.273. The zero-order valence-corrected chi connectivity index (χ0v) is 8.40. The Morgan fingerprint density at radius 3 is 2.60 bits per heavy atom. The van der Waals surface area contributed by atoms with Gasteiger partial charge in [0.2, 0.25) is 5.91 Å². The third-order valence-corrected chi connectivity index (χ3v) is 2.00. The zero-order valence-electron chi connectivity index (χ0n) is 8.40. The van der Waals surface area contributed by atoms with Crippen LogP contribution < -0.4 is 0 Å². The molecule has 1 aromatic carbocycles. The molecule has 0 aliphatic carbocycles. The van der Waals surface area contributed by atoms with Gasteiger partial charge < -0.3 is 4.90 Å². The van der Waals surface area contributed by atoms with E-state index in [-0.39, 0.29) is 24.7 Å². The molecular weight excluding hydrogens is 195 g/mol. The summed E-state index contributed by atoms with van der Waals surface area (Å²) < 4.78 is 12.6. The second kappa shape index (κ2) is 5.11. The monoisotopic (exact) mass is 206 g/mol. The average molecular weight is 206 g/mol. The fourth-order valence-electron chi connectivity index (χ4n) is 1.11. The van der Waals surface area contributed by atoms with Gasteiger partial charge in [-0.1, -0.05) is 12.1 Å². The minimum absolute atomic E-state index is 0.0695. The minimum atomic E-state index is -0.323. The Morgan fingerprint density at radius 2 is 2.07 bits per heavy atom. The summed E-state index contributed by atoms with van der Waals surface area (Å²) in [6.07, 6.45) is 0.193. The van der Waals surface area contributed by atoms with Gasteiger partial charge in [0, 0.05) is 7.05 Å². The highest BCUT2D eigenvalue weighted by Crippen LogP contribution is 2.04. The van der Waals surface area contributed by atoms with Gasteiger partial charge in [-0.25, -0.2) is 4.39 Å². The van der Waals surface area contributed by atoms with E-state index >= 15 is 0 Å². The largest absolute Gasteiger partial charge is 0.332 e. The quantitative estimate of drug-likeness (QED) is 0.701. The molecule has 1 amide bonds. The summed E-state index contributed by atoms with van der Waals surface area (Å²) in [6.45, 7) is 0.0695. The van der Waals surface area contributed by atoms with Crippen molar-refractivity contribution in [2.75, 3.05) is 13.6 Å². The molecule has 0 aliphatic rings. The summed E-state index contributed by atoms with van der Waals surface area (Å²) in [5.41, 5.74) is 0.742. The van der Waals surface area contributed by atoms with Crippen LogP contribution in [0.2, 0.25) is 0 Å². The molecule has 0 aliphatic heterocycles. The Labute approximate surface area is 87.7 Å². The van der Waals surface area contributed by atoms with Crippen LogP contribution >= 0.6 is 0 Å². The van der Waals surface area contributed by atoms with E-state index in [0.29, 0.717) is 0 Å². The molecule has 15 heavy (non-hydrogen) atoms. The Balaban J connectivity index is 2.59. The van der Waals surface area contributed by atoms with Crippen LogP contribution in [-0.4, -0.2) is 24.4 Å². The number of hydrogen-bond acceptors (Lipinski definition) is 2. The van der Waals surface area contributed by atoms with E-state index in [1.807, 2.05) is 6.07 Å². The standard InChI is InChI=1S/C11H11FN2O/c1-14(7-6-13)11(15)8-9-2-4-10(12)5-3-9/h2-5H,7-8H2,1H3. The smallest absolute Gasteiger partial charge is 0.227 e. The van der Waals surface area contributed by atoms with Crippen molar-refractivity contribution < 1.29 is 9.18 Å². The number of halogens is 1. The van der Waals surface area contributed by atoms with Gasteiger partial charge in [0.25, 0.3) is 0 Å². The van der Waals surface area contributed by atoms with Crippen LogP contribution in [0, 0.1) is 17.1 Å². The predicted octanol–water partition coefficient (Wildman–Crippen LogP) is 1.35. The Morgan fingerprint density at radius 1 is 1.47 bits per heavy atom. The molecule has 0 heterocycles. The number of nitrogens with zero attached hydrogens (tertiary/aromatic N) is 2. The van der Waals surface area contributed by atoms with Crippen molar-refractivity contribution in [1.82, 2.24) is 4.90 Å². The predicted molar refractivity (Wildman–Crippen MR) is 53.4 cm³/mol. The van der Waals surface area contributed by atoms with E-state index < -0.39 is 0 Å². The summed E-state index contributed by atoms with van der Waals surface area (Å²) in [7, 11) is 1.56. The summed E-state index contributed by atoms with van der Waals surface area (Å²) in [5.74, 6) is -0.472. The lowest BCUT2D eigenvalue weighted by atomic mass is 10.1. The molecule has 1 rings (SSSR count). The topological polar surface area (TPSA) is 44.1 Å². The van der Waals surface area contributed by atoms with Gasteiger partial charge in [-0.05, 0) is 17.7 Å². The van der Waals surface area contributed by atoms with Crippen LogP contribution in [0.4, 0.5) is 4.39 Å². The van der Waals surface area contributed by atoms with Crippen LogP contribution in [0.5, 0.6) is 0 Å². The van der Waals surface area contributed by atoms with Crippen LogP contribution in [-0.2, 0) is 11.2 Å². The van der Waals surface area contributed by atoms with E-state index in [2.05, 4.69) is 0 Å². The number of carbonyl (C=O) groups excluding carboxylic acids is 1. The van der Waals surface area contributed by atoms with Crippen molar-refractivity contribution >= 4 is 5.91 Å². The van der Waals surface area contributed by atoms with Gasteiger partial charge >= 0.3 is 0 Å². The first-order chi connectivity index (χ1) is 7.13. The first-order valence-corrected chi connectivity index (χ1v) is 4.49. The molecule has 0 N–H and O–H groups in total. The number of nitriles is 1. The fourth-order valence-corrected chi connectivity index (χ4v) is 1.11. The molecule has 78 valence electrons. The Hall–Kier alpha value is -1.89. The highest BCUT2D eigenvalue weighted by atomic mass is 19.1. The maximum Gasteiger partial charge on any atom is 0.227 e. The van der Waals surface area contributed by atoms with Crippen molar-refractivity contribution in [3.8, 4) is 6.07 Å². The summed E-state index contributed by atoms with van der Waals surface area (Å²) in [4.78, 5) is 12.8. The Bertz CT molecular complexity index is 381. The minimum Gasteiger partial charge on any atom is -0.332 e. The number of likely N-dealkylation sites (N-methyl/N-ethyl adjacent to an activating group) is 1. The molecule has 0 unspecified atom stereocenters. The molecule has 0 saturated heterocycles. The van der Waals surface area contributed by atoms with E-state index in [9.17, 15) is 9.18 Å².